The van der Waals surface area contributed by atoms with Gasteiger partial charge in [-0.25, -0.2) is 4.79 Å². The Balaban J connectivity index is 3.48. The van der Waals surface area contributed by atoms with Gasteiger partial charge in [0.2, 0.25) is 29.4 Å². The van der Waals surface area contributed by atoms with Crippen molar-refractivity contribution in [2.45, 2.75) is 90.1 Å². The van der Waals surface area contributed by atoms with Crippen molar-refractivity contribution in [2.75, 3.05) is 13.7 Å². The summed E-state index contributed by atoms with van der Waals surface area (Å²) in [5.41, 5.74) is 11.6. The van der Waals surface area contributed by atoms with Crippen LogP contribution in [-0.4, -0.2) is 107 Å². The second-order valence-corrected chi connectivity index (χ2v) is 11.9. The molecule has 48 heavy (non-hydrogen) atoms. The van der Waals surface area contributed by atoms with Crippen molar-refractivity contribution in [2.24, 2.45) is 23.3 Å². The highest BCUT2D eigenvalue weighted by Gasteiger charge is 2.56. The molecule has 5 amide bonds. The predicted octanol–water partition coefficient (Wildman–Crippen LogP) is -1.22. The van der Waals surface area contributed by atoms with Crippen LogP contribution in [0.3, 0.4) is 0 Å². The number of amides is 5. The van der Waals surface area contributed by atoms with E-state index in [2.05, 4.69) is 20.7 Å². The third-order valence-electron chi connectivity index (χ3n) is 7.34. The van der Waals surface area contributed by atoms with Gasteiger partial charge in [-0.1, -0.05) is 58.0 Å². The fraction of sp³-hybridized carbons (Fsp3) is 0.581. The summed E-state index contributed by atoms with van der Waals surface area (Å²) in [6, 6.07) is -1.82. The van der Waals surface area contributed by atoms with Crippen molar-refractivity contribution >= 4 is 41.3 Å². The molecule has 0 aromatic heterocycles. The number of nitrogens with two attached hydrogens (primary N) is 2. The van der Waals surface area contributed by atoms with Crippen molar-refractivity contribution in [1.82, 2.24) is 20.9 Å². The SMILES string of the molecule is COC(=O)[C@H](C(C)C)N(C(=O)[C@@H](N)C(C)C)C(=O)C(F)(F)C(=O)C(Cc1ccccc1)NC(=O)[C@H](C)NC(=O)[C@H](C)NC(=O)[C@@H](N)CO. The minimum atomic E-state index is -4.98. The van der Waals surface area contributed by atoms with E-state index in [1.165, 1.54) is 53.7 Å². The second-order valence-electron chi connectivity index (χ2n) is 11.9. The molecule has 0 aliphatic rings. The lowest BCUT2D eigenvalue weighted by Gasteiger charge is -2.35. The van der Waals surface area contributed by atoms with Crippen LogP contribution in [0, 0.1) is 11.8 Å². The number of nitrogens with zero attached hydrogens (tertiary/aromatic N) is 1. The third-order valence-corrected chi connectivity index (χ3v) is 7.34. The molecule has 268 valence electrons. The Bertz CT molecular complexity index is 1330. The van der Waals surface area contributed by atoms with E-state index in [4.69, 9.17) is 16.6 Å². The molecule has 1 unspecified atom stereocenters. The number of alkyl halides is 2. The lowest BCUT2D eigenvalue weighted by Crippen LogP contribution is -2.64. The molecule has 0 saturated heterocycles. The smallest absolute Gasteiger partial charge is 0.384 e. The van der Waals surface area contributed by atoms with Gasteiger partial charge in [0, 0.05) is 6.42 Å². The zero-order chi connectivity index (χ0) is 37.1. The quantitative estimate of drug-likeness (QED) is 0.0840. The summed E-state index contributed by atoms with van der Waals surface area (Å²) < 4.78 is 36.7. The number of carbonyl (C=O) groups excluding carboxylic acids is 7. The van der Waals surface area contributed by atoms with Gasteiger partial charge in [-0.15, -0.1) is 0 Å². The van der Waals surface area contributed by atoms with Gasteiger partial charge in [0.05, 0.1) is 25.8 Å². The molecule has 0 spiro atoms. The van der Waals surface area contributed by atoms with E-state index in [0.717, 1.165) is 7.11 Å². The summed E-state index contributed by atoms with van der Waals surface area (Å²) in [6.07, 6.45) is -0.537. The molecule has 1 aromatic rings. The summed E-state index contributed by atoms with van der Waals surface area (Å²) >= 11 is 0. The number of nitrogens with one attached hydrogen (secondary N) is 3. The lowest BCUT2D eigenvalue weighted by atomic mass is 9.94. The van der Waals surface area contributed by atoms with Crippen molar-refractivity contribution in [3.8, 4) is 0 Å². The number of rotatable bonds is 17. The van der Waals surface area contributed by atoms with Gasteiger partial charge in [0.15, 0.2) is 0 Å². The fourth-order valence-electron chi connectivity index (χ4n) is 4.31. The van der Waals surface area contributed by atoms with Crippen LogP contribution >= 0.6 is 0 Å². The van der Waals surface area contributed by atoms with Gasteiger partial charge in [0.1, 0.15) is 24.2 Å². The monoisotopic (exact) mass is 684 g/mol. The number of hydrogen-bond donors (Lipinski definition) is 6. The molecule has 0 aliphatic heterocycles. The molecule has 0 fully saturated rings. The summed E-state index contributed by atoms with van der Waals surface area (Å²) in [7, 11) is 0.931. The van der Waals surface area contributed by atoms with Crippen molar-refractivity contribution in [3.63, 3.8) is 0 Å². The topological polar surface area (TPSA) is 240 Å². The van der Waals surface area contributed by atoms with Crippen LogP contribution in [0.4, 0.5) is 8.78 Å². The van der Waals surface area contributed by atoms with E-state index >= 15 is 8.78 Å². The van der Waals surface area contributed by atoms with Gasteiger partial charge in [-0.05, 0) is 31.2 Å². The summed E-state index contributed by atoms with van der Waals surface area (Å²) in [5, 5.41) is 15.6. The highest BCUT2D eigenvalue weighted by Crippen LogP contribution is 2.27. The number of aliphatic hydroxyl groups excluding tert-OH is 1. The maximum absolute atomic E-state index is 16.0. The Morgan fingerprint density at radius 3 is 1.79 bits per heavy atom. The van der Waals surface area contributed by atoms with Crippen LogP contribution in [-0.2, 0) is 44.7 Å². The number of ether oxygens (including phenoxy) is 1. The Hall–Kier alpha value is -4.35. The molecule has 6 atom stereocenters. The largest absolute Gasteiger partial charge is 0.467 e. The predicted molar refractivity (Wildman–Crippen MR) is 168 cm³/mol. The number of ketones is 1. The van der Waals surface area contributed by atoms with E-state index in [-0.39, 0.29) is 4.90 Å². The number of benzene rings is 1. The molecule has 0 heterocycles. The van der Waals surface area contributed by atoms with Crippen LogP contribution in [0.15, 0.2) is 30.3 Å². The lowest BCUT2D eigenvalue weighted by molar-refractivity contribution is -0.178. The first-order chi connectivity index (χ1) is 22.2. The number of esters is 1. The Morgan fingerprint density at radius 1 is 0.833 bits per heavy atom. The van der Waals surface area contributed by atoms with Gasteiger partial charge in [-0.3, -0.25) is 33.7 Å². The minimum absolute atomic E-state index is 0.0400. The zero-order valence-corrected chi connectivity index (χ0v) is 28.0. The average molecular weight is 685 g/mol. The van der Waals surface area contributed by atoms with E-state index < -0.39 is 108 Å². The molecule has 0 aliphatic carbocycles. The summed E-state index contributed by atoms with van der Waals surface area (Å²) in [5.74, 6) is -16.4. The Kier molecular flexibility index (Phi) is 15.9. The first-order valence-corrected chi connectivity index (χ1v) is 15.2. The highest BCUT2D eigenvalue weighted by atomic mass is 19.3. The van der Waals surface area contributed by atoms with E-state index in [0.29, 0.717) is 5.56 Å². The Labute approximate surface area is 277 Å². The van der Waals surface area contributed by atoms with Crippen LogP contribution in [0.1, 0.15) is 47.1 Å². The molecule has 0 radical (unpaired) electrons. The van der Waals surface area contributed by atoms with Crippen molar-refractivity contribution < 1.29 is 52.2 Å². The molecule has 8 N–H and O–H groups in total. The second kappa shape index (κ2) is 18.3. The molecule has 15 nitrogen and oxygen atoms in total. The third kappa shape index (κ3) is 10.8. The molecule has 0 bridgehead atoms. The number of halogens is 2. The van der Waals surface area contributed by atoms with Crippen LogP contribution < -0.4 is 27.4 Å². The zero-order valence-electron chi connectivity index (χ0n) is 28.0. The maximum Gasteiger partial charge on any atom is 0.384 e. The number of Topliss-reactive ketones (excluding diaryl/α,β-unsaturated/α-hetero) is 1. The number of aliphatic hydroxyl groups is 1. The number of hydrogen-bond acceptors (Lipinski definition) is 11. The van der Waals surface area contributed by atoms with Crippen LogP contribution in [0.5, 0.6) is 0 Å². The normalized spacial score (nSPS) is 15.3. The Morgan fingerprint density at radius 2 is 1.33 bits per heavy atom. The molecule has 0 saturated carbocycles. The van der Waals surface area contributed by atoms with Gasteiger partial charge >= 0.3 is 17.8 Å². The number of carbonyl (C=O) groups is 7. The number of methoxy groups -OCH3 is 1. The maximum atomic E-state index is 16.0. The molecular weight excluding hydrogens is 638 g/mol. The first-order valence-electron chi connectivity index (χ1n) is 15.2. The minimum Gasteiger partial charge on any atom is -0.467 e. The first kappa shape index (κ1) is 41.7. The summed E-state index contributed by atoms with van der Waals surface area (Å²) in [4.78, 5) is 90.6. The van der Waals surface area contributed by atoms with Crippen molar-refractivity contribution in [1.29, 1.82) is 0 Å². The van der Waals surface area contributed by atoms with E-state index in [1.54, 1.807) is 18.2 Å². The van der Waals surface area contributed by atoms with Crippen LogP contribution in [0.2, 0.25) is 0 Å². The number of imide groups is 1. The molecule has 17 heteroatoms. The molecular formula is C31H46F2N6O9. The van der Waals surface area contributed by atoms with Crippen molar-refractivity contribution in [3.05, 3.63) is 35.9 Å². The summed E-state index contributed by atoms with van der Waals surface area (Å²) in [6.45, 7) is 7.45. The van der Waals surface area contributed by atoms with Gasteiger partial charge in [0.25, 0.3) is 0 Å². The molecule has 1 rings (SSSR count). The van der Waals surface area contributed by atoms with Gasteiger partial charge < -0.3 is 37.3 Å². The van der Waals surface area contributed by atoms with E-state index in [9.17, 15) is 33.6 Å². The average Bonchev–Trinajstić information content (AvgIpc) is 3.04. The molecule has 1 aromatic carbocycles. The van der Waals surface area contributed by atoms with Gasteiger partial charge in [-0.2, -0.15) is 8.78 Å². The highest BCUT2D eigenvalue weighted by molar-refractivity contribution is 6.16. The standard InChI is InChI=1S/C31H46F2N6O9/c1-15(2)22(35)28(45)39(23(16(3)4)29(46)48-7)30(47)31(32,33)24(41)21(13-19-11-9-8-10-12-19)38-26(43)18(6)36-25(42)17(5)37-27(44)20(34)14-40/h8-12,15-18,20-23,40H,13-14,34-35H2,1-7H3,(H,36,42)(H,37,44)(H,38,43)/t17-,18-,20-,21?,22-,23-/m0/s1. The van der Waals surface area contributed by atoms with Crippen LogP contribution in [0.25, 0.3) is 0 Å². The van der Waals surface area contributed by atoms with E-state index in [1.807, 2.05) is 0 Å². The fourth-order valence-corrected chi connectivity index (χ4v) is 4.31.